The van der Waals surface area contributed by atoms with Crippen molar-refractivity contribution in [2.45, 2.75) is 64.1 Å². The zero-order valence-corrected chi connectivity index (χ0v) is 17.7. The van der Waals surface area contributed by atoms with Gasteiger partial charge in [0.05, 0.1) is 5.52 Å². The van der Waals surface area contributed by atoms with E-state index in [1.54, 1.807) is 0 Å². The van der Waals surface area contributed by atoms with Crippen molar-refractivity contribution in [2.75, 3.05) is 0 Å². The van der Waals surface area contributed by atoms with Gasteiger partial charge in [-0.3, -0.25) is 9.78 Å². The van der Waals surface area contributed by atoms with E-state index in [-0.39, 0.29) is 6.10 Å². The van der Waals surface area contributed by atoms with Crippen molar-refractivity contribution in [3.05, 3.63) is 60.3 Å². The van der Waals surface area contributed by atoms with Crippen LogP contribution in [0.5, 0.6) is 5.75 Å². The van der Waals surface area contributed by atoms with Crippen molar-refractivity contribution in [1.29, 1.82) is 0 Å². The minimum Gasteiger partial charge on any atom is -0.490 e. The molecule has 1 aromatic heterocycles. The van der Waals surface area contributed by atoms with Crippen LogP contribution in [0.1, 0.15) is 44.6 Å². The molecule has 1 amide bonds. The fourth-order valence-corrected chi connectivity index (χ4v) is 5.32. The number of pyridine rings is 1. The van der Waals surface area contributed by atoms with E-state index in [1.807, 2.05) is 19.2 Å². The summed E-state index contributed by atoms with van der Waals surface area (Å²) in [5.74, 6) is 1.21. The fraction of sp³-hybridized carbons (Fsp3) is 0.385. The summed E-state index contributed by atoms with van der Waals surface area (Å²) in [6, 6.07) is 17.5. The quantitative estimate of drug-likeness (QED) is 0.579. The number of benzene rings is 2. The van der Waals surface area contributed by atoms with Crippen LogP contribution < -0.4 is 4.74 Å². The number of nitrogens with zero attached hydrogens (tertiary/aromatic N) is 2. The third-order valence-corrected chi connectivity index (χ3v) is 6.78. The van der Waals surface area contributed by atoms with Gasteiger partial charge in [-0.15, -0.1) is 0 Å². The molecule has 0 aliphatic carbocycles. The molecule has 2 saturated heterocycles. The Morgan fingerprint density at radius 1 is 1.07 bits per heavy atom. The highest BCUT2D eigenvalue weighted by Crippen LogP contribution is 2.38. The Hall–Kier alpha value is -2.88. The molecule has 0 N–H and O–H groups in total. The Morgan fingerprint density at radius 3 is 2.50 bits per heavy atom. The van der Waals surface area contributed by atoms with E-state index in [2.05, 4.69) is 59.3 Å². The number of aromatic nitrogens is 1. The van der Waals surface area contributed by atoms with Gasteiger partial charge in [-0.2, -0.15) is 0 Å². The van der Waals surface area contributed by atoms with E-state index < -0.39 is 0 Å². The molecule has 2 aliphatic rings. The van der Waals surface area contributed by atoms with Crippen LogP contribution in [0, 0.1) is 6.92 Å². The zero-order chi connectivity index (χ0) is 20.7. The Labute approximate surface area is 177 Å². The molecular weight excluding hydrogens is 372 g/mol. The van der Waals surface area contributed by atoms with E-state index >= 15 is 0 Å². The van der Waals surface area contributed by atoms with Gasteiger partial charge in [0.25, 0.3) is 0 Å². The minimum absolute atomic E-state index is 0.195. The van der Waals surface area contributed by atoms with Crippen LogP contribution in [0.2, 0.25) is 0 Å². The van der Waals surface area contributed by atoms with Gasteiger partial charge in [-0.25, -0.2) is 0 Å². The summed E-state index contributed by atoms with van der Waals surface area (Å²) < 4.78 is 6.34. The van der Waals surface area contributed by atoms with Crippen LogP contribution in [0.3, 0.4) is 0 Å². The Morgan fingerprint density at radius 2 is 1.80 bits per heavy atom. The molecule has 2 bridgehead atoms. The van der Waals surface area contributed by atoms with Gasteiger partial charge in [-0.1, -0.05) is 37.3 Å². The second-order valence-corrected chi connectivity index (χ2v) is 8.59. The summed E-state index contributed by atoms with van der Waals surface area (Å²) in [6.07, 6.45) is 6.76. The van der Waals surface area contributed by atoms with Crippen LogP contribution in [0.25, 0.3) is 22.0 Å². The molecule has 5 rings (SSSR count). The minimum atomic E-state index is 0.195. The highest BCUT2D eigenvalue weighted by molar-refractivity contribution is 5.88. The number of rotatable bonds is 4. The van der Waals surface area contributed by atoms with Crippen molar-refractivity contribution in [3.63, 3.8) is 0 Å². The van der Waals surface area contributed by atoms with Crippen molar-refractivity contribution in [3.8, 4) is 16.9 Å². The number of carbonyl (C=O) groups is 1. The van der Waals surface area contributed by atoms with Crippen molar-refractivity contribution in [1.82, 2.24) is 9.88 Å². The Bertz CT molecular complexity index is 1060. The Balaban J connectivity index is 1.31. The number of amides is 1. The van der Waals surface area contributed by atoms with Gasteiger partial charge in [-0.05, 0) is 54.7 Å². The average molecular weight is 401 g/mol. The van der Waals surface area contributed by atoms with Crippen LogP contribution in [0.4, 0.5) is 0 Å². The predicted octanol–water partition coefficient (Wildman–Crippen LogP) is 5.52. The lowest BCUT2D eigenvalue weighted by Gasteiger charge is -2.38. The number of fused-ring (bicyclic) bond motifs is 3. The van der Waals surface area contributed by atoms with Gasteiger partial charge < -0.3 is 9.64 Å². The first-order valence-electron chi connectivity index (χ1n) is 11.1. The first kappa shape index (κ1) is 19.1. The maximum Gasteiger partial charge on any atom is 0.222 e. The largest absolute Gasteiger partial charge is 0.490 e. The standard InChI is InChI=1S/C26H28N2O2/c1-3-25(29)28-20-9-10-21(28)16-23(15-20)30-22-11-6-18(7-12-22)24-13-8-19-5-4-14-27-26(19)17(24)2/h4-8,11-14,20-21,23H,3,9-10,15-16H2,1-2H3/t20-,21+,23-. The van der Waals surface area contributed by atoms with Gasteiger partial charge >= 0.3 is 0 Å². The van der Waals surface area contributed by atoms with Crippen LogP contribution >= 0.6 is 0 Å². The third-order valence-electron chi connectivity index (χ3n) is 6.78. The van der Waals surface area contributed by atoms with Gasteiger partial charge in [0, 0.05) is 42.9 Å². The van der Waals surface area contributed by atoms with Crippen LogP contribution in [-0.2, 0) is 4.79 Å². The van der Waals surface area contributed by atoms with Crippen molar-refractivity contribution < 1.29 is 9.53 Å². The summed E-state index contributed by atoms with van der Waals surface area (Å²) in [5.41, 5.74) is 4.64. The average Bonchev–Trinajstić information content (AvgIpc) is 3.05. The molecular formula is C26H28N2O2. The molecule has 2 aliphatic heterocycles. The van der Waals surface area contributed by atoms with Gasteiger partial charge in [0.15, 0.2) is 0 Å². The van der Waals surface area contributed by atoms with Gasteiger partial charge in [0.2, 0.25) is 5.91 Å². The van der Waals surface area contributed by atoms with E-state index in [1.165, 1.54) is 22.1 Å². The highest BCUT2D eigenvalue weighted by atomic mass is 16.5. The molecule has 2 aromatic carbocycles. The third kappa shape index (κ3) is 3.34. The molecule has 2 fully saturated rings. The molecule has 0 spiro atoms. The monoisotopic (exact) mass is 400 g/mol. The fourth-order valence-electron chi connectivity index (χ4n) is 5.32. The molecule has 4 heteroatoms. The molecule has 0 unspecified atom stereocenters. The van der Waals surface area contributed by atoms with Crippen LogP contribution in [-0.4, -0.2) is 34.0 Å². The highest BCUT2D eigenvalue weighted by Gasteiger charge is 2.43. The predicted molar refractivity (Wildman–Crippen MR) is 120 cm³/mol. The van der Waals surface area contributed by atoms with Crippen molar-refractivity contribution >= 4 is 16.8 Å². The molecule has 3 atom stereocenters. The summed E-state index contributed by atoms with van der Waals surface area (Å²) in [6.45, 7) is 4.09. The summed E-state index contributed by atoms with van der Waals surface area (Å²) >= 11 is 0. The first-order chi connectivity index (χ1) is 14.6. The second-order valence-electron chi connectivity index (χ2n) is 8.59. The molecule has 4 nitrogen and oxygen atoms in total. The summed E-state index contributed by atoms with van der Waals surface area (Å²) in [4.78, 5) is 18.9. The lowest BCUT2D eigenvalue weighted by Crippen LogP contribution is -2.49. The maximum atomic E-state index is 12.3. The second kappa shape index (κ2) is 7.75. The molecule has 0 saturated carbocycles. The van der Waals surface area contributed by atoms with E-state index in [0.29, 0.717) is 24.4 Å². The van der Waals surface area contributed by atoms with Gasteiger partial charge in [0.1, 0.15) is 11.9 Å². The number of piperidine rings is 1. The number of hydrogen-bond acceptors (Lipinski definition) is 3. The summed E-state index contributed by atoms with van der Waals surface area (Å²) in [7, 11) is 0. The first-order valence-corrected chi connectivity index (χ1v) is 11.1. The van der Waals surface area contributed by atoms with E-state index in [9.17, 15) is 4.79 Å². The van der Waals surface area contributed by atoms with Crippen molar-refractivity contribution in [2.24, 2.45) is 0 Å². The zero-order valence-electron chi connectivity index (χ0n) is 17.7. The normalized spacial score (nSPS) is 23.0. The maximum absolute atomic E-state index is 12.3. The number of carbonyl (C=O) groups excluding carboxylic acids is 1. The molecule has 154 valence electrons. The van der Waals surface area contributed by atoms with Crippen LogP contribution in [0.15, 0.2) is 54.7 Å². The number of hydrogen-bond donors (Lipinski definition) is 0. The Kier molecular flexibility index (Phi) is 4.93. The SMILES string of the molecule is CCC(=O)N1[C@@H]2CC[C@H]1C[C@H](Oc1ccc(-c3ccc4cccnc4c3C)cc1)C2. The molecule has 3 heterocycles. The summed E-state index contributed by atoms with van der Waals surface area (Å²) in [5, 5.41) is 1.17. The molecule has 30 heavy (non-hydrogen) atoms. The lowest BCUT2D eigenvalue weighted by atomic mass is 9.97. The van der Waals surface area contributed by atoms with E-state index in [4.69, 9.17) is 4.74 Å². The topological polar surface area (TPSA) is 42.4 Å². The molecule has 3 aromatic rings. The smallest absolute Gasteiger partial charge is 0.222 e. The number of aryl methyl sites for hydroxylation is 1. The lowest BCUT2D eigenvalue weighted by molar-refractivity contribution is -0.136. The van der Waals surface area contributed by atoms with E-state index in [0.717, 1.165) is 36.9 Å². The number of ether oxygens (including phenoxy) is 1. The molecule has 0 radical (unpaired) electrons.